The summed E-state index contributed by atoms with van der Waals surface area (Å²) in [6, 6.07) is 0. The van der Waals surface area contributed by atoms with Crippen molar-refractivity contribution in [3.8, 4) is 0 Å². The molecule has 1 aromatic heterocycles. The van der Waals surface area contributed by atoms with Crippen molar-refractivity contribution in [3.63, 3.8) is 0 Å². The van der Waals surface area contributed by atoms with E-state index in [2.05, 4.69) is 29.4 Å². The zero-order chi connectivity index (χ0) is 11.6. The molecule has 0 amide bonds. The van der Waals surface area contributed by atoms with Crippen LogP contribution in [0.1, 0.15) is 51.3 Å². The second kappa shape index (κ2) is 8.28. The summed E-state index contributed by atoms with van der Waals surface area (Å²) >= 11 is 0. The third-order valence-corrected chi connectivity index (χ3v) is 2.52. The average molecular weight is 225 g/mol. The van der Waals surface area contributed by atoms with Gasteiger partial charge in [-0.1, -0.05) is 33.1 Å². The van der Waals surface area contributed by atoms with Crippen molar-refractivity contribution in [3.05, 3.63) is 11.8 Å². The zero-order valence-corrected chi connectivity index (χ0v) is 10.5. The van der Waals surface area contributed by atoms with Crippen LogP contribution in [0, 0.1) is 0 Å². The molecule has 0 unspecified atom stereocenters. The van der Waals surface area contributed by atoms with E-state index in [9.17, 15) is 0 Å². The van der Waals surface area contributed by atoms with Crippen molar-refractivity contribution in [2.75, 3.05) is 13.1 Å². The van der Waals surface area contributed by atoms with E-state index < -0.39 is 0 Å². The maximum atomic E-state index is 5.55. The monoisotopic (exact) mass is 225 g/mol. The first-order valence-corrected chi connectivity index (χ1v) is 6.38. The molecule has 16 heavy (non-hydrogen) atoms. The second-order valence-electron chi connectivity index (χ2n) is 4.00. The predicted octanol–water partition coefficient (Wildman–Crippen LogP) is 2.34. The highest BCUT2D eigenvalue weighted by molar-refractivity contribution is 4.82. The van der Waals surface area contributed by atoms with Gasteiger partial charge in [-0.05, 0) is 13.0 Å². The van der Waals surface area contributed by atoms with E-state index in [0.717, 1.165) is 44.1 Å². The van der Waals surface area contributed by atoms with Gasteiger partial charge in [-0.2, -0.15) is 0 Å². The molecule has 0 fully saturated rings. The van der Waals surface area contributed by atoms with Gasteiger partial charge in [-0.3, -0.25) is 0 Å². The van der Waals surface area contributed by atoms with E-state index in [1.54, 1.807) is 0 Å². The van der Waals surface area contributed by atoms with Crippen LogP contribution in [0.15, 0.2) is 4.42 Å². The van der Waals surface area contributed by atoms with Gasteiger partial charge in [0.15, 0.2) is 0 Å². The van der Waals surface area contributed by atoms with Gasteiger partial charge >= 0.3 is 0 Å². The van der Waals surface area contributed by atoms with Crippen molar-refractivity contribution >= 4 is 0 Å². The van der Waals surface area contributed by atoms with Crippen LogP contribution in [-0.2, 0) is 12.8 Å². The SMILES string of the molecule is CCCCCCc1nnc(CCNCC)o1. The quantitative estimate of drug-likeness (QED) is 0.655. The lowest BCUT2D eigenvalue weighted by Crippen LogP contribution is -2.16. The van der Waals surface area contributed by atoms with Crippen LogP contribution in [0.3, 0.4) is 0 Å². The first-order chi connectivity index (χ1) is 7.86. The lowest BCUT2D eigenvalue weighted by molar-refractivity contribution is 0.437. The largest absolute Gasteiger partial charge is 0.425 e. The van der Waals surface area contributed by atoms with E-state index in [1.807, 2.05) is 0 Å². The van der Waals surface area contributed by atoms with Crippen molar-refractivity contribution in [2.24, 2.45) is 0 Å². The van der Waals surface area contributed by atoms with E-state index in [4.69, 9.17) is 4.42 Å². The summed E-state index contributed by atoms with van der Waals surface area (Å²) in [4.78, 5) is 0. The van der Waals surface area contributed by atoms with Crippen molar-refractivity contribution < 1.29 is 4.42 Å². The van der Waals surface area contributed by atoms with Crippen molar-refractivity contribution in [1.82, 2.24) is 15.5 Å². The molecule has 0 bridgehead atoms. The molecule has 0 saturated carbocycles. The number of hydrogen-bond acceptors (Lipinski definition) is 4. The third kappa shape index (κ3) is 5.26. The minimum absolute atomic E-state index is 0.756. The van der Waals surface area contributed by atoms with Crippen LogP contribution in [0.2, 0.25) is 0 Å². The Bertz CT molecular complexity index is 273. The Hall–Kier alpha value is -0.900. The number of unbranched alkanes of at least 4 members (excludes halogenated alkanes) is 3. The van der Waals surface area contributed by atoms with E-state index >= 15 is 0 Å². The normalized spacial score (nSPS) is 10.9. The van der Waals surface area contributed by atoms with Gasteiger partial charge < -0.3 is 9.73 Å². The van der Waals surface area contributed by atoms with Crippen LogP contribution < -0.4 is 5.32 Å². The van der Waals surface area contributed by atoms with E-state index in [1.165, 1.54) is 19.3 Å². The number of nitrogens with one attached hydrogen (secondary N) is 1. The number of rotatable bonds is 9. The number of aromatic nitrogens is 2. The fraction of sp³-hybridized carbons (Fsp3) is 0.833. The van der Waals surface area contributed by atoms with E-state index in [0.29, 0.717) is 0 Å². The van der Waals surface area contributed by atoms with Crippen LogP contribution in [0.4, 0.5) is 0 Å². The van der Waals surface area contributed by atoms with Crippen molar-refractivity contribution in [2.45, 2.75) is 52.4 Å². The Morgan fingerprint density at radius 2 is 1.75 bits per heavy atom. The molecule has 0 saturated heterocycles. The standard InChI is InChI=1S/C12H23N3O/c1-3-5-6-7-8-11-14-15-12(16-11)9-10-13-4-2/h13H,3-10H2,1-2H3. The Labute approximate surface area is 97.8 Å². The smallest absolute Gasteiger partial charge is 0.217 e. The highest BCUT2D eigenvalue weighted by atomic mass is 16.4. The topological polar surface area (TPSA) is 51.0 Å². The van der Waals surface area contributed by atoms with Gasteiger partial charge in [-0.25, -0.2) is 0 Å². The molecule has 1 heterocycles. The first-order valence-electron chi connectivity index (χ1n) is 6.38. The maximum absolute atomic E-state index is 5.55. The molecule has 0 aliphatic carbocycles. The number of likely N-dealkylation sites (N-methyl/N-ethyl adjacent to an activating group) is 1. The van der Waals surface area contributed by atoms with Crippen molar-refractivity contribution in [1.29, 1.82) is 0 Å². The summed E-state index contributed by atoms with van der Waals surface area (Å²) in [5.74, 6) is 1.55. The lowest BCUT2D eigenvalue weighted by Gasteiger charge is -1.96. The van der Waals surface area contributed by atoms with Crippen LogP contribution in [-0.4, -0.2) is 23.3 Å². The number of hydrogen-bond donors (Lipinski definition) is 1. The maximum Gasteiger partial charge on any atom is 0.217 e. The third-order valence-electron chi connectivity index (χ3n) is 2.52. The molecule has 0 aliphatic heterocycles. The highest BCUT2D eigenvalue weighted by Crippen LogP contribution is 2.07. The molecule has 0 aliphatic rings. The molecule has 1 rings (SSSR count). The Morgan fingerprint density at radius 1 is 1.00 bits per heavy atom. The summed E-state index contributed by atoms with van der Waals surface area (Å²) in [5, 5.41) is 11.3. The van der Waals surface area contributed by atoms with E-state index in [-0.39, 0.29) is 0 Å². The van der Waals surface area contributed by atoms with Gasteiger partial charge in [0.05, 0.1) is 0 Å². The lowest BCUT2D eigenvalue weighted by atomic mass is 10.1. The summed E-state index contributed by atoms with van der Waals surface area (Å²) in [5.41, 5.74) is 0. The molecule has 1 N–H and O–H groups in total. The Kier molecular flexibility index (Phi) is 6.81. The summed E-state index contributed by atoms with van der Waals surface area (Å²) in [6.45, 7) is 6.20. The Balaban J connectivity index is 2.17. The second-order valence-corrected chi connectivity index (χ2v) is 4.00. The summed E-state index contributed by atoms with van der Waals surface area (Å²) < 4.78 is 5.55. The molecule has 92 valence electrons. The molecule has 1 aromatic rings. The number of aryl methyl sites for hydroxylation is 1. The summed E-state index contributed by atoms with van der Waals surface area (Å²) in [6.07, 6.45) is 6.72. The van der Waals surface area contributed by atoms with Gasteiger partial charge in [0, 0.05) is 19.4 Å². The fourth-order valence-electron chi connectivity index (χ4n) is 1.57. The molecule has 0 aromatic carbocycles. The molecule has 4 nitrogen and oxygen atoms in total. The van der Waals surface area contributed by atoms with Gasteiger partial charge in [-0.15, -0.1) is 10.2 Å². The predicted molar refractivity (Wildman–Crippen MR) is 64.4 cm³/mol. The molecule has 0 radical (unpaired) electrons. The summed E-state index contributed by atoms with van der Waals surface area (Å²) in [7, 11) is 0. The minimum Gasteiger partial charge on any atom is -0.425 e. The number of nitrogens with zero attached hydrogens (tertiary/aromatic N) is 2. The highest BCUT2D eigenvalue weighted by Gasteiger charge is 2.04. The van der Waals surface area contributed by atoms with Crippen LogP contribution in [0.25, 0.3) is 0 Å². The fourth-order valence-corrected chi connectivity index (χ4v) is 1.57. The average Bonchev–Trinajstić information content (AvgIpc) is 2.73. The molecular formula is C12H23N3O. The van der Waals surface area contributed by atoms with Crippen LogP contribution in [0.5, 0.6) is 0 Å². The zero-order valence-electron chi connectivity index (χ0n) is 10.5. The van der Waals surface area contributed by atoms with Crippen LogP contribution >= 0.6 is 0 Å². The van der Waals surface area contributed by atoms with Gasteiger partial charge in [0.2, 0.25) is 11.8 Å². The van der Waals surface area contributed by atoms with Gasteiger partial charge in [0.1, 0.15) is 0 Å². The minimum atomic E-state index is 0.756. The van der Waals surface area contributed by atoms with Gasteiger partial charge in [0.25, 0.3) is 0 Å². The first kappa shape index (κ1) is 13.2. The molecule has 0 spiro atoms. The molecular weight excluding hydrogens is 202 g/mol. The molecule has 4 heteroatoms. The molecule has 0 atom stereocenters. The Morgan fingerprint density at radius 3 is 2.44 bits per heavy atom.